The molecule has 0 saturated carbocycles. The van der Waals surface area contributed by atoms with E-state index >= 15 is 0 Å². The molecule has 13 heteroatoms. The van der Waals surface area contributed by atoms with Crippen molar-refractivity contribution < 1.29 is 31.2 Å². The molecule has 2 amide bonds. The van der Waals surface area contributed by atoms with Crippen molar-refractivity contribution >= 4 is 27.9 Å². The Morgan fingerprint density at radius 1 is 1.00 bits per heavy atom. The van der Waals surface area contributed by atoms with Crippen molar-refractivity contribution in [3.63, 3.8) is 0 Å². The Balaban J connectivity index is 1.72. The van der Waals surface area contributed by atoms with E-state index in [4.69, 9.17) is 5.73 Å². The molecule has 2 aromatic rings. The molecule has 2 heterocycles. The lowest BCUT2D eigenvalue weighted by Crippen LogP contribution is -2.51. The summed E-state index contributed by atoms with van der Waals surface area (Å²) in [5.74, 6) is -2.05. The number of benzene rings is 1. The molecule has 1 aliphatic heterocycles. The van der Waals surface area contributed by atoms with E-state index in [1.807, 2.05) is 0 Å². The first-order valence-corrected chi connectivity index (χ1v) is 11.5. The molecule has 1 aromatic heterocycles. The maximum atomic E-state index is 13.4. The van der Waals surface area contributed by atoms with Crippen molar-refractivity contribution in [2.75, 3.05) is 26.2 Å². The lowest BCUT2D eigenvalue weighted by molar-refractivity contribution is -0.146. The van der Waals surface area contributed by atoms with Crippen molar-refractivity contribution in [2.45, 2.75) is 12.7 Å². The first-order valence-electron chi connectivity index (χ1n) is 10.0. The fraction of sp³-hybridized carbons (Fsp3) is 0.286. The van der Waals surface area contributed by atoms with Crippen LogP contribution < -0.4 is 11.3 Å². The van der Waals surface area contributed by atoms with Crippen molar-refractivity contribution in [2.24, 2.45) is 5.73 Å². The van der Waals surface area contributed by atoms with Crippen molar-refractivity contribution in [1.82, 2.24) is 13.8 Å². The summed E-state index contributed by atoms with van der Waals surface area (Å²) in [5, 5.41) is 1.05. The summed E-state index contributed by atoms with van der Waals surface area (Å²) in [6, 6.07) is 9.94. The summed E-state index contributed by atoms with van der Waals surface area (Å²) in [7, 11) is -3.78. The number of aromatic nitrogens is 1. The van der Waals surface area contributed by atoms with E-state index in [2.05, 4.69) is 0 Å². The van der Waals surface area contributed by atoms with Crippen molar-refractivity contribution in [3.05, 3.63) is 75.0 Å². The van der Waals surface area contributed by atoms with Crippen molar-refractivity contribution in [3.8, 4) is 0 Å². The van der Waals surface area contributed by atoms with Gasteiger partial charge in [0, 0.05) is 31.6 Å². The fourth-order valence-corrected chi connectivity index (χ4v) is 4.59. The van der Waals surface area contributed by atoms with Gasteiger partial charge in [-0.25, -0.2) is 8.42 Å². The van der Waals surface area contributed by atoms with E-state index in [1.54, 1.807) is 30.3 Å². The molecule has 1 fully saturated rings. The maximum absolute atomic E-state index is 13.4. The van der Waals surface area contributed by atoms with E-state index < -0.39 is 51.4 Å². The summed E-state index contributed by atoms with van der Waals surface area (Å²) in [6.45, 7) is -1.29. The number of carbonyl (C=O) groups is 2. The van der Waals surface area contributed by atoms with Gasteiger partial charge in [0.05, 0.1) is 0 Å². The van der Waals surface area contributed by atoms with E-state index in [1.165, 1.54) is 6.08 Å². The van der Waals surface area contributed by atoms with Gasteiger partial charge in [-0.3, -0.25) is 19.0 Å². The molecule has 1 saturated heterocycles. The molecule has 0 atom stereocenters. The lowest BCUT2D eigenvalue weighted by Gasteiger charge is -2.33. The quantitative estimate of drug-likeness (QED) is 0.639. The normalized spacial score (nSPS) is 15.6. The third-order valence-electron chi connectivity index (χ3n) is 5.21. The number of amides is 2. The monoisotopic (exact) mass is 498 g/mol. The Hall–Kier alpha value is -3.45. The van der Waals surface area contributed by atoms with Crippen LogP contribution in [0.1, 0.15) is 21.6 Å². The number of hydrogen-bond acceptors (Lipinski definition) is 5. The number of nitrogens with two attached hydrogens (primary N) is 1. The highest BCUT2D eigenvalue weighted by Crippen LogP contribution is 2.28. The maximum Gasteiger partial charge on any atom is 0.431 e. The largest absolute Gasteiger partial charge is 0.431 e. The third kappa shape index (κ3) is 5.72. The number of carbonyl (C=O) groups excluding carboxylic acids is 2. The second kappa shape index (κ2) is 9.81. The number of nitrogens with zero attached hydrogens (tertiary/aromatic N) is 3. The number of alkyl halides is 3. The molecule has 1 aromatic carbocycles. The zero-order valence-corrected chi connectivity index (χ0v) is 18.6. The minimum absolute atomic E-state index is 0.0739. The van der Waals surface area contributed by atoms with Crippen LogP contribution in [0, 0.1) is 0 Å². The van der Waals surface area contributed by atoms with Gasteiger partial charge in [0.1, 0.15) is 17.8 Å². The summed E-state index contributed by atoms with van der Waals surface area (Å²) >= 11 is 0. The van der Waals surface area contributed by atoms with Crippen LogP contribution in [0.25, 0.3) is 6.08 Å². The molecule has 9 nitrogen and oxygen atoms in total. The van der Waals surface area contributed by atoms with Crippen LogP contribution in [0.4, 0.5) is 13.2 Å². The van der Waals surface area contributed by atoms with Crippen LogP contribution in [0.5, 0.6) is 0 Å². The second-order valence-corrected chi connectivity index (χ2v) is 9.24. The minimum atomic E-state index is -4.95. The van der Waals surface area contributed by atoms with Crippen LogP contribution >= 0.6 is 0 Å². The van der Waals surface area contributed by atoms with Crippen LogP contribution in [0.2, 0.25) is 0 Å². The minimum Gasteiger partial charge on any atom is -0.365 e. The first-order chi connectivity index (χ1) is 15.9. The Morgan fingerprint density at radius 2 is 1.62 bits per heavy atom. The van der Waals surface area contributed by atoms with E-state index in [0.29, 0.717) is 17.7 Å². The molecule has 0 radical (unpaired) electrons. The first kappa shape index (κ1) is 25.2. The zero-order valence-electron chi connectivity index (χ0n) is 17.7. The molecular formula is C21H21F3N4O5S. The predicted molar refractivity (Wildman–Crippen MR) is 117 cm³/mol. The van der Waals surface area contributed by atoms with E-state index in [-0.39, 0.29) is 30.7 Å². The molecule has 182 valence electrons. The molecule has 0 unspecified atom stereocenters. The lowest BCUT2D eigenvalue weighted by atomic mass is 10.2. The van der Waals surface area contributed by atoms with Gasteiger partial charge in [0.25, 0.3) is 11.5 Å². The molecule has 0 aliphatic carbocycles. The number of sulfonamides is 1. The molecule has 0 spiro atoms. The van der Waals surface area contributed by atoms with Gasteiger partial charge in [0.15, 0.2) is 0 Å². The van der Waals surface area contributed by atoms with Gasteiger partial charge >= 0.3 is 6.18 Å². The number of rotatable bonds is 6. The van der Waals surface area contributed by atoms with Gasteiger partial charge in [0.2, 0.25) is 15.9 Å². The Kier molecular flexibility index (Phi) is 7.26. The highest BCUT2D eigenvalue weighted by molar-refractivity contribution is 7.92. The van der Waals surface area contributed by atoms with Crippen LogP contribution in [0.3, 0.4) is 0 Å². The Morgan fingerprint density at radius 3 is 2.18 bits per heavy atom. The average Bonchev–Trinajstić information content (AvgIpc) is 2.78. The summed E-state index contributed by atoms with van der Waals surface area (Å²) in [4.78, 5) is 37.5. The highest BCUT2D eigenvalue weighted by atomic mass is 32.2. The fourth-order valence-electron chi connectivity index (χ4n) is 3.41. The number of halogens is 3. The summed E-state index contributed by atoms with van der Waals surface area (Å²) in [5.41, 5.74) is 2.31. The standard InChI is InChI=1S/C21H21F3N4O5S/c22-21(23,24)17-7-6-16(19(25)30)20(31)28(17)14-18(29)26-9-11-27(12-10-26)34(32,33)13-8-15-4-2-1-3-5-15/h1-8,13H,9-12,14H2,(H2,25,30). The molecular weight excluding hydrogens is 477 g/mol. The molecule has 0 bridgehead atoms. The Labute approximate surface area is 192 Å². The topological polar surface area (TPSA) is 123 Å². The highest BCUT2D eigenvalue weighted by Gasteiger charge is 2.36. The summed E-state index contributed by atoms with van der Waals surface area (Å²) in [6.07, 6.45) is -3.52. The number of primary amides is 1. The predicted octanol–water partition coefficient (Wildman–Crippen LogP) is 1.11. The molecule has 1 aliphatic rings. The van der Waals surface area contributed by atoms with Crippen LogP contribution in [-0.2, 0) is 27.5 Å². The third-order valence-corrected chi connectivity index (χ3v) is 6.77. The molecule has 34 heavy (non-hydrogen) atoms. The van der Waals surface area contributed by atoms with Gasteiger partial charge in [-0.2, -0.15) is 17.5 Å². The van der Waals surface area contributed by atoms with Crippen molar-refractivity contribution in [1.29, 1.82) is 0 Å². The molecule has 2 N–H and O–H groups in total. The van der Waals surface area contributed by atoms with Gasteiger partial charge in [-0.15, -0.1) is 0 Å². The van der Waals surface area contributed by atoms with E-state index in [0.717, 1.165) is 14.6 Å². The number of piperazine rings is 1. The second-order valence-electron chi connectivity index (χ2n) is 7.42. The average molecular weight is 498 g/mol. The number of pyridine rings is 1. The van der Waals surface area contributed by atoms with Crippen LogP contribution in [0.15, 0.2) is 52.7 Å². The van der Waals surface area contributed by atoms with Gasteiger partial charge in [-0.05, 0) is 23.8 Å². The Bertz CT molecular complexity index is 1270. The zero-order chi connectivity index (χ0) is 25.1. The van der Waals surface area contributed by atoms with Gasteiger partial charge < -0.3 is 10.6 Å². The summed E-state index contributed by atoms with van der Waals surface area (Å²) < 4.78 is 66.5. The van der Waals surface area contributed by atoms with E-state index in [9.17, 15) is 36.0 Å². The number of hydrogen-bond donors (Lipinski definition) is 1. The van der Waals surface area contributed by atoms with Crippen LogP contribution in [-0.4, -0.2) is 60.2 Å². The smallest absolute Gasteiger partial charge is 0.365 e. The SMILES string of the molecule is NC(=O)c1ccc(C(F)(F)F)n(CC(=O)N2CCN(S(=O)(=O)C=Cc3ccccc3)CC2)c1=O. The van der Waals surface area contributed by atoms with Gasteiger partial charge in [-0.1, -0.05) is 30.3 Å². The molecule has 3 rings (SSSR count).